The van der Waals surface area contributed by atoms with Crippen molar-refractivity contribution in [1.82, 2.24) is 9.88 Å². The van der Waals surface area contributed by atoms with Crippen molar-refractivity contribution >= 4 is 11.9 Å². The highest BCUT2D eigenvalue weighted by molar-refractivity contribution is 5.79. The lowest BCUT2D eigenvalue weighted by molar-refractivity contribution is -0.148. The minimum Gasteiger partial charge on any atom is -0.481 e. The van der Waals surface area contributed by atoms with Crippen molar-refractivity contribution in [2.75, 3.05) is 13.1 Å². The van der Waals surface area contributed by atoms with E-state index in [2.05, 4.69) is 4.98 Å². The van der Waals surface area contributed by atoms with Crippen LogP contribution in [0.2, 0.25) is 0 Å². The summed E-state index contributed by atoms with van der Waals surface area (Å²) in [5, 5.41) is 9.16. The number of aliphatic carboxylic acids is 1. The van der Waals surface area contributed by atoms with E-state index in [0.717, 1.165) is 0 Å². The number of piperidine rings is 1. The van der Waals surface area contributed by atoms with E-state index in [-0.39, 0.29) is 24.2 Å². The van der Waals surface area contributed by atoms with Gasteiger partial charge in [0.1, 0.15) is 5.76 Å². The van der Waals surface area contributed by atoms with Crippen LogP contribution in [0.4, 0.5) is 0 Å². The Balaban J connectivity index is 1.66. The van der Waals surface area contributed by atoms with Gasteiger partial charge in [0.2, 0.25) is 5.91 Å². The van der Waals surface area contributed by atoms with Crippen molar-refractivity contribution in [1.29, 1.82) is 0 Å². The zero-order valence-corrected chi connectivity index (χ0v) is 13.7. The van der Waals surface area contributed by atoms with E-state index in [9.17, 15) is 9.59 Å². The number of oxazole rings is 1. The summed E-state index contributed by atoms with van der Waals surface area (Å²) in [6.45, 7) is 4.55. The third kappa shape index (κ3) is 3.20. The van der Waals surface area contributed by atoms with Crippen LogP contribution in [0.5, 0.6) is 0 Å². The van der Waals surface area contributed by atoms with Gasteiger partial charge in [-0.1, -0.05) is 6.92 Å². The molecule has 7 heteroatoms. The summed E-state index contributed by atoms with van der Waals surface area (Å²) in [6.07, 6.45) is 2.16. The summed E-state index contributed by atoms with van der Waals surface area (Å²) in [7, 11) is 0. The number of likely N-dealkylation sites (tertiary alicyclic amines) is 1. The van der Waals surface area contributed by atoms with Crippen molar-refractivity contribution in [3.63, 3.8) is 0 Å². The summed E-state index contributed by atoms with van der Waals surface area (Å²) in [5.74, 6) is 0.179. The molecule has 3 heterocycles. The maximum Gasteiger partial charge on any atom is 0.306 e. The smallest absolute Gasteiger partial charge is 0.306 e. The highest BCUT2D eigenvalue weighted by atomic mass is 16.4. The van der Waals surface area contributed by atoms with Crippen LogP contribution in [0.3, 0.4) is 0 Å². The average molecular weight is 332 g/mol. The molecule has 1 N–H and O–H groups in total. The molecule has 0 saturated carbocycles. The molecule has 2 aromatic rings. The highest BCUT2D eigenvalue weighted by Crippen LogP contribution is 2.25. The van der Waals surface area contributed by atoms with Crippen molar-refractivity contribution in [3.05, 3.63) is 29.9 Å². The van der Waals surface area contributed by atoms with Gasteiger partial charge in [0, 0.05) is 13.1 Å². The molecule has 1 aliphatic heterocycles. The highest BCUT2D eigenvalue weighted by Gasteiger charge is 2.33. The molecular formula is C17H20N2O5. The number of aromatic nitrogens is 1. The Kier molecular flexibility index (Phi) is 4.42. The molecule has 1 amide bonds. The average Bonchev–Trinajstić information content (AvgIpc) is 3.17. The number of furan rings is 1. The molecule has 1 fully saturated rings. The molecule has 0 aliphatic carbocycles. The first-order valence-electron chi connectivity index (χ1n) is 7.96. The van der Waals surface area contributed by atoms with Gasteiger partial charge in [0.25, 0.3) is 5.89 Å². The van der Waals surface area contributed by atoms with Crippen LogP contribution in [-0.4, -0.2) is 40.0 Å². The van der Waals surface area contributed by atoms with Crippen molar-refractivity contribution in [2.24, 2.45) is 11.8 Å². The van der Waals surface area contributed by atoms with Gasteiger partial charge in [-0.2, -0.15) is 0 Å². The van der Waals surface area contributed by atoms with Crippen LogP contribution in [0.1, 0.15) is 24.8 Å². The second-order valence-electron chi connectivity index (χ2n) is 6.23. The molecule has 2 unspecified atom stereocenters. The van der Waals surface area contributed by atoms with Crippen LogP contribution in [0.15, 0.2) is 27.2 Å². The van der Waals surface area contributed by atoms with Crippen molar-refractivity contribution in [3.8, 4) is 11.7 Å². The van der Waals surface area contributed by atoms with Crippen molar-refractivity contribution in [2.45, 2.75) is 26.7 Å². The van der Waals surface area contributed by atoms with Crippen LogP contribution < -0.4 is 0 Å². The van der Waals surface area contributed by atoms with Crippen LogP contribution >= 0.6 is 0 Å². The fraction of sp³-hybridized carbons (Fsp3) is 0.471. The third-order valence-corrected chi connectivity index (χ3v) is 4.52. The Labute approximate surface area is 139 Å². The Bertz CT molecular complexity index is 734. The zero-order chi connectivity index (χ0) is 17.3. The number of carboxylic acid groups (broad SMARTS) is 1. The quantitative estimate of drug-likeness (QED) is 0.923. The van der Waals surface area contributed by atoms with E-state index in [4.69, 9.17) is 13.9 Å². The monoisotopic (exact) mass is 332 g/mol. The fourth-order valence-electron chi connectivity index (χ4n) is 3.09. The lowest BCUT2D eigenvalue weighted by Crippen LogP contribution is -2.45. The van der Waals surface area contributed by atoms with E-state index in [1.165, 1.54) is 6.26 Å². The Hall–Kier alpha value is -2.57. The summed E-state index contributed by atoms with van der Waals surface area (Å²) < 4.78 is 10.8. The first kappa shape index (κ1) is 16.3. The predicted molar refractivity (Wildman–Crippen MR) is 84.1 cm³/mol. The molecule has 1 aliphatic rings. The Morgan fingerprint density at radius 1 is 1.46 bits per heavy atom. The van der Waals surface area contributed by atoms with Gasteiger partial charge in [-0.3, -0.25) is 9.59 Å². The molecule has 7 nitrogen and oxygen atoms in total. The molecule has 128 valence electrons. The van der Waals surface area contributed by atoms with Gasteiger partial charge in [-0.15, -0.1) is 0 Å². The second-order valence-corrected chi connectivity index (χ2v) is 6.23. The molecule has 1 saturated heterocycles. The number of carbonyl (C=O) groups excluding carboxylic acids is 1. The molecule has 2 aromatic heterocycles. The van der Waals surface area contributed by atoms with Gasteiger partial charge in [0.05, 0.1) is 24.3 Å². The predicted octanol–water partition coefficient (Wildman–Crippen LogP) is 2.35. The van der Waals surface area contributed by atoms with Crippen LogP contribution in [-0.2, 0) is 16.0 Å². The lowest BCUT2D eigenvalue weighted by atomic mass is 9.87. The molecule has 0 radical (unpaired) electrons. The summed E-state index contributed by atoms with van der Waals surface area (Å²) in [6, 6.07) is 3.49. The van der Waals surface area contributed by atoms with Gasteiger partial charge < -0.3 is 18.8 Å². The first-order chi connectivity index (χ1) is 11.5. The Morgan fingerprint density at radius 2 is 2.25 bits per heavy atom. The summed E-state index contributed by atoms with van der Waals surface area (Å²) >= 11 is 0. The summed E-state index contributed by atoms with van der Waals surface area (Å²) in [5.41, 5.74) is 0.583. The minimum atomic E-state index is -0.787. The topological polar surface area (TPSA) is 96.8 Å². The largest absolute Gasteiger partial charge is 0.481 e. The SMILES string of the molecule is Cc1oc(-c2ccco2)nc1CC(=O)N1CCC(C(=O)O)C(C)C1. The maximum atomic E-state index is 12.5. The summed E-state index contributed by atoms with van der Waals surface area (Å²) in [4.78, 5) is 29.7. The molecule has 24 heavy (non-hydrogen) atoms. The zero-order valence-electron chi connectivity index (χ0n) is 13.7. The number of carbonyl (C=O) groups is 2. The first-order valence-corrected chi connectivity index (χ1v) is 7.96. The number of amides is 1. The van der Waals surface area contributed by atoms with Gasteiger partial charge in [-0.05, 0) is 31.4 Å². The van der Waals surface area contributed by atoms with Crippen LogP contribution in [0, 0.1) is 18.8 Å². The minimum absolute atomic E-state index is 0.0581. The number of aryl methyl sites for hydroxylation is 1. The molecular weight excluding hydrogens is 312 g/mol. The van der Waals surface area contributed by atoms with E-state index in [1.807, 2.05) is 6.92 Å². The van der Waals surface area contributed by atoms with Gasteiger partial charge in [-0.25, -0.2) is 4.98 Å². The molecule has 0 spiro atoms. The maximum absolute atomic E-state index is 12.5. The third-order valence-electron chi connectivity index (χ3n) is 4.52. The van der Waals surface area contributed by atoms with E-state index >= 15 is 0 Å². The molecule has 0 aromatic carbocycles. The molecule has 0 bridgehead atoms. The molecule has 3 rings (SSSR count). The van der Waals surface area contributed by atoms with E-state index in [0.29, 0.717) is 42.6 Å². The van der Waals surface area contributed by atoms with E-state index in [1.54, 1.807) is 24.0 Å². The lowest BCUT2D eigenvalue weighted by Gasteiger charge is -2.34. The number of hydrogen-bond acceptors (Lipinski definition) is 5. The standard InChI is InChI=1S/C17H20N2O5/c1-10-9-19(6-5-12(10)17(21)22)15(20)8-13-11(2)24-16(18-13)14-4-3-7-23-14/h3-4,7,10,12H,5-6,8-9H2,1-2H3,(H,21,22). The number of nitrogens with zero attached hydrogens (tertiary/aromatic N) is 2. The van der Waals surface area contributed by atoms with Gasteiger partial charge in [0.15, 0.2) is 5.76 Å². The Morgan fingerprint density at radius 3 is 2.88 bits per heavy atom. The van der Waals surface area contributed by atoms with Crippen LogP contribution in [0.25, 0.3) is 11.7 Å². The number of hydrogen-bond donors (Lipinski definition) is 1. The van der Waals surface area contributed by atoms with Gasteiger partial charge >= 0.3 is 5.97 Å². The molecule has 2 atom stereocenters. The van der Waals surface area contributed by atoms with Crippen molar-refractivity contribution < 1.29 is 23.5 Å². The normalized spacial score (nSPS) is 21.0. The fourth-order valence-corrected chi connectivity index (χ4v) is 3.09. The number of carboxylic acids is 1. The number of rotatable bonds is 4. The van der Waals surface area contributed by atoms with E-state index < -0.39 is 5.97 Å². The second kappa shape index (κ2) is 6.51.